The first-order valence-electron chi connectivity index (χ1n) is 9.31. The van der Waals surface area contributed by atoms with E-state index in [1.54, 1.807) is 0 Å². The molecule has 154 valence electrons. The largest absolute Gasteiger partial charge is 0.493 e. The molecule has 0 bridgehead atoms. The molecular weight excluding hydrogens is 382 g/mol. The number of allylic oxidation sites excluding steroid dienone is 1. The summed E-state index contributed by atoms with van der Waals surface area (Å²) in [7, 11) is 2.86. The highest BCUT2D eigenvalue weighted by Crippen LogP contribution is 2.33. The number of aromatic carboxylic acids is 1. The summed E-state index contributed by atoms with van der Waals surface area (Å²) < 4.78 is 10.3. The predicted molar refractivity (Wildman–Crippen MR) is 117 cm³/mol. The van der Waals surface area contributed by atoms with Crippen LogP contribution < -0.4 is 14.8 Å². The average molecular weight is 405 g/mol. The van der Waals surface area contributed by atoms with Crippen molar-refractivity contribution in [3.05, 3.63) is 71.3 Å². The highest BCUT2D eigenvalue weighted by molar-refractivity contribution is 6.08. The third-order valence-electron chi connectivity index (χ3n) is 4.81. The van der Waals surface area contributed by atoms with Gasteiger partial charge in [0.25, 0.3) is 0 Å². The number of carboxylic acid groups (broad SMARTS) is 1. The van der Waals surface area contributed by atoms with E-state index in [0.29, 0.717) is 5.75 Å². The van der Waals surface area contributed by atoms with Crippen LogP contribution in [0, 0.1) is 6.92 Å². The van der Waals surface area contributed by atoms with Gasteiger partial charge in [-0.1, -0.05) is 35.9 Å². The first kappa shape index (κ1) is 20.9. The van der Waals surface area contributed by atoms with E-state index < -0.39 is 11.9 Å². The molecule has 30 heavy (non-hydrogen) atoms. The molecule has 0 atom stereocenters. The molecule has 0 saturated carbocycles. The average Bonchev–Trinajstić information content (AvgIpc) is 2.72. The molecule has 0 fully saturated rings. The third kappa shape index (κ3) is 4.43. The lowest BCUT2D eigenvalue weighted by Crippen LogP contribution is -2.13. The molecule has 3 aromatic rings. The van der Waals surface area contributed by atoms with Gasteiger partial charge >= 0.3 is 5.97 Å². The van der Waals surface area contributed by atoms with E-state index >= 15 is 0 Å². The molecule has 3 aromatic carbocycles. The molecule has 0 aliphatic rings. The zero-order valence-electron chi connectivity index (χ0n) is 17.3. The summed E-state index contributed by atoms with van der Waals surface area (Å²) in [4.78, 5) is 24.2. The first-order valence-corrected chi connectivity index (χ1v) is 9.31. The van der Waals surface area contributed by atoms with Crippen LogP contribution in [0.25, 0.3) is 16.3 Å². The maximum atomic E-state index is 12.6. The van der Waals surface area contributed by atoms with E-state index in [1.165, 1.54) is 38.0 Å². The monoisotopic (exact) mass is 405 g/mol. The Labute approximate surface area is 174 Å². The second-order valence-corrected chi connectivity index (χ2v) is 6.94. The Hall–Kier alpha value is -3.80. The minimum atomic E-state index is -1.18. The smallest absolute Gasteiger partial charge is 0.337 e. The van der Waals surface area contributed by atoms with Gasteiger partial charge in [0.2, 0.25) is 5.91 Å². The lowest BCUT2D eigenvalue weighted by molar-refractivity contribution is -0.111. The summed E-state index contributed by atoms with van der Waals surface area (Å²) >= 11 is 0. The van der Waals surface area contributed by atoms with Gasteiger partial charge in [-0.25, -0.2) is 4.79 Å². The Balaban J connectivity index is 1.89. The van der Waals surface area contributed by atoms with Crippen LogP contribution in [0.5, 0.6) is 11.5 Å². The van der Waals surface area contributed by atoms with Crippen molar-refractivity contribution in [2.45, 2.75) is 13.8 Å². The number of benzene rings is 3. The van der Waals surface area contributed by atoms with Gasteiger partial charge in [-0.2, -0.15) is 0 Å². The molecule has 3 rings (SSSR count). The number of rotatable bonds is 6. The van der Waals surface area contributed by atoms with Crippen molar-refractivity contribution in [1.29, 1.82) is 0 Å². The number of carbonyl (C=O) groups is 2. The summed E-state index contributed by atoms with van der Waals surface area (Å²) in [5, 5.41) is 14.3. The van der Waals surface area contributed by atoms with Crippen molar-refractivity contribution in [3.63, 3.8) is 0 Å². The molecule has 6 nitrogen and oxygen atoms in total. The first-order chi connectivity index (χ1) is 14.3. The molecule has 0 radical (unpaired) electrons. The maximum absolute atomic E-state index is 12.6. The van der Waals surface area contributed by atoms with Crippen LogP contribution in [0.2, 0.25) is 0 Å². The second-order valence-electron chi connectivity index (χ2n) is 6.94. The Morgan fingerprint density at radius 3 is 2.23 bits per heavy atom. The SMILES string of the molecule is COc1cc(NC(=O)C=C(C)c2ccc3cc(C)ccc3c2)c(C(=O)O)cc1OC. The molecule has 0 unspecified atom stereocenters. The van der Waals surface area contributed by atoms with E-state index in [1.807, 2.05) is 44.2 Å². The van der Waals surface area contributed by atoms with Crippen molar-refractivity contribution >= 4 is 33.9 Å². The number of methoxy groups -OCH3 is 2. The van der Waals surface area contributed by atoms with Crippen molar-refractivity contribution in [3.8, 4) is 11.5 Å². The van der Waals surface area contributed by atoms with E-state index in [2.05, 4.69) is 11.4 Å². The Morgan fingerprint density at radius 2 is 1.57 bits per heavy atom. The normalized spacial score (nSPS) is 11.3. The van der Waals surface area contributed by atoms with E-state index in [9.17, 15) is 14.7 Å². The zero-order valence-corrected chi connectivity index (χ0v) is 17.3. The molecule has 2 N–H and O–H groups in total. The van der Waals surface area contributed by atoms with Crippen molar-refractivity contribution in [2.24, 2.45) is 0 Å². The molecule has 0 heterocycles. The van der Waals surface area contributed by atoms with Gasteiger partial charge in [0, 0.05) is 18.2 Å². The Bertz CT molecular complexity index is 1160. The molecule has 0 aromatic heterocycles. The van der Waals surface area contributed by atoms with Gasteiger partial charge in [-0.15, -0.1) is 0 Å². The Morgan fingerprint density at radius 1 is 0.933 bits per heavy atom. The molecular formula is C24H23NO5. The van der Waals surface area contributed by atoms with E-state index in [0.717, 1.165) is 21.9 Å². The summed E-state index contributed by atoms with van der Waals surface area (Å²) in [5.74, 6) is -1.03. The number of carbonyl (C=O) groups excluding carboxylic acids is 1. The fourth-order valence-corrected chi connectivity index (χ4v) is 3.22. The number of aryl methyl sites for hydroxylation is 1. The maximum Gasteiger partial charge on any atom is 0.337 e. The molecule has 0 saturated heterocycles. The summed E-state index contributed by atoms with van der Waals surface area (Å²) in [5.41, 5.74) is 2.89. The van der Waals surface area contributed by atoms with Crippen LogP contribution >= 0.6 is 0 Å². The topological polar surface area (TPSA) is 84.9 Å². The quantitative estimate of drug-likeness (QED) is 0.570. The fourth-order valence-electron chi connectivity index (χ4n) is 3.22. The van der Waals surface area contributed by atoms with Crippen molar-refractivity contribution in [1.82, 2.24) is 0 Å². The number of carboxylic acids is 1. The molecule has 0 spiro atoms. The van der Waals surface area contributed by atoms with Gasteiger partial charge in [0.15, 0.2) is 11.5 Å². The second kappa shape index (κ2) is 8.69. The van der Waals surface area contributed by atoms with Crippen LogP contribution in [-0.2, 0) is 4.79 Å². The lowest BCUT2D eigenvalue weighted by Gasteiger charge is -2.13. The van der Waals surface area contributed by atoms with Crippen LogP contribution in [0.3, 0.4) is 0 Å². The number of nitrogens with one attached hydrogen (secondary N) is 1. The molecule has 1 amide bonds. The predicted octanol–water partition coefficient (Wildman–Crippen LogP) is 4.91. The van der Waals surface area contributed by atoms with Crippen LogP contribution in [0.15, 0.2) is 54.6 Å². The van der Waals surface area contributed by atoms with Crippen molar-refractivity contribution < 1.29 is 24.2 Å². The standard InChI is InChI=1S/C24H23NO5/c1-14-5-6-18-11-16(7-8-17(18)9-14)15(2)10-23(26)25-20-13-22(30-4)21(29-3)12-19(20)24(27)28/h5-13H,1-4H3,(H,25,26)(H,27,28). The zero-order chi connectivity index (χ0) is 21.8. The third-order valence-corrected chi connectivity index (χ3v) is 4.81. The lowest BCUT2D eigenvalue weighted by atomic mass is 10.0. The number of hydrogen-bond acceptors (Lipinski definition) is 4. The summed E-state index contributed by atoms with van der Waals surface area (Å²) in [6, 6.07) is 14.9. The Kier molecular flexibility index (Phi) is 6.06. The molecule has 6 heteroatoms. The van der Waals surface area contributed by atoms with Gasteiger partial charge in [0.05, 0.1) is 25.5 Å². The van der Waals surface area contributed by atoms with Crippen LogP contribution in [0.4, 0.5) is 5.69 Å². The van der Waals surface area contributed by atoms with Gasteiger partial charge in [0.1, 0.15) is 0 Å². The van der Waals surface area contributed by atoms with Gasteiger partial charge in [-0.3, -0.25) is 4.79 Å². The number of ether oxygens (including phenoxy) is 2. The number of hydrogen-bond donors (Lipinski definition) is 2. The minimum absolute atomic E-state index is 0.0897. The van der Waals surface area contributed by atoms with Gasteiger partial charge < -0.3 is 19.9 Å². The number of amides is 1. The minimum Gasteiger partial charge on any atom is -0.493 e. The van der Waals surface area contributed by atoms with Crippen molar-refractivity contribution in [2.75, 3.05) is 19.5 Å². The highest BCUT2D eigenvalue weighted by Gasteiger charge is 2.17. The number of fused-ring (bicyclic) bond motifs is 1. The molecule has 0 aliphatic heterocycles. The highest BCUT2D eigenvalue weighted by atomic mass is 16.5. The van der Waals surface area contributed by atoms with Crippen LogP contribution in [0.1, 0.15) is 28.4 Å². The fraction of sp³-hybridized carbons (Fsp3) is 0.167. The number of anilines is 1. The summed E-state index contributed by atoms with van der Waals surface area (Å²) in [6.45, 7) is 3.88. The van der Waals surface area contributed by atoms with Crippen LogP contribution in [-0.4, -0.2) is 31.2 Å². The van der Waals surface area contributed by atoms with E-state index in [4.69, 9.17) is 9.47 Å². The molecule has 0 aliphatic carbocycles. The summed E-state index contributed by atoms with van der Waals surface area (Å²) in [6.07, 6.45) is 1.44. The van der Waals surface area contributed by atoms with Gasteiger partial charge in [-0.05, 0) is 41.8 Å². The van der Waals surface area contributed by atoms with E-state index in [-0.39, 0.29) is 17.0 Å².